The lowest BCUT2D eigenvalue weighted by atomic mass is 10.1. The Balaban J connectivity index is 1.57. The Morgan fingerprint density at radius 3 is 2.57 bits per heavy atom. The molecule has 152 valence electrons. The molecule has 2 aromatic heterocycles. The van der Waals surface area contributed by atoms with Gasteiger partial charge >= 0.3 is 0 Å². The summed E-state index contributed by atoms with van der Waals surface area (Å²) in [4.78, 5) is 30.1. The van der Waals surface area contributed by atoms with Gasteiger partial charge in [0.2, 0.25) is 11.0 Å². The van der Waals surface area contributed by atoms with Gasteiger partial charge in [-0.25, -0.2) is 4.98 Å². The van der Waals surface area contributed by atoms with Crippen LogP contribution in [0, 0.1) is 20.8 Å². The molecule has 0 spiro atoms. The van der Waals surface area contributed by atoms with Crippen LogP contribution < -0.4 is 10.9 Å². The van der Waals surface area contributed by atoms with E-state index in [2.05, 4.69) is 15.4 Å². The number of benzene rings is 2. The topological polar surface area (TPSA) is 79.8 Å². The van der Waals surface area contributed by atoms with Crippen molar-refractivity contribution in [2.75, 3.05) is 5.32 Å². The Morgan fingerprint density at radius 2 is 1.83 bits per heavy atom. The number of aromatic nitrogens is 3. The number of para-hydroxylation sites is 1. The number of carbonyl (C=O) groups is 1. The lowest BCUT2D eigenvalue weighted by molar-refractivity contribution is -0.115. The third-order valence-corrected chi connectivity index (χ3v) is 5.81. The highest BCUT2D eigenvalue weighted by molar-refractivity contribution is 7.12. The van der Waals surface area contributed by atoms with Crippen molar-refractivity contribution in [2.45, 2.75) is 27.2 Å². The van der Waals surface area contributed by atoms with Crippen LogP contribution in [0.2, 0.25) is 0 Å². The number of thiazole rings is 1. The molecule has 4 aromatic rings. The second-order valence-corrected chi connectivity index (χ2v) is 8.11. The molecule has 0 aliphatic rings. The van der Waals surface area contributed by atoms with Crippen LogP contribution in [0.5, 0.6) is 0 Å². The van der Waals surface area contributed by atoms with Crippen molar-refractivity contribution in [1.29, 1.82) is 0 Å². The van der Waals surface area contributed by atoms with E-state index < -0.39 is 0 Å². The summed E-state index contributed by atoms with van der Waals surface area (Å²) in [5, 5.41) is 8.40. The standard InChI is InChI=1S/C23H22N4O2S/c1-14-8-10-17(11-9-14)20-13-30-23(25-20)27-22(29)18(16(3)26-27)12-21(28)24-19-7-5-4-6-15(19)2/h4-11,13,26H,12H2,1-3H3,(H,24,28). The van der Waals surface area contributed by atoms with Crippen molar-refractivity contribution < 1.29 is 4.79 Å². The van der Waals surface area contributed by atoms with Gasteiger partial charge in [-0.2, -0.15) is 4.68 Å². The summed E-state index contributed by atoms with van der Waals surface area (Å²) in [7, 11) is 0. The van der Waals surface area contributed by atoms with E-state index in [1.807, 2.05) is 67.8 Å². The molecular weight excluding hydrogens is 396 g/mol. The number of amides is 1. The van der Waals surface area contributed by atoms with Gasteiger partial charge in [0, 0.05) is 27.9 Å². The van der Waals surface area contributed by atoms with Crippen molar-refractivity contribution in [3.05, 3.63) is 86.6 Å². The van der Waals surface area contributed by atoms with Crippen LogP contribution in [0.4, 0.5) is 5.69 Å². The monoisotopic (exact) mass is 418 g/mol. The Kier molecular flexibility index (Phi) is 5.37. The highest BCUT2D eigenvalue weighted by atomic mass is 32.1. The molecule has 1 amide bonds. The second kappa shape index (κ2) is 8.12. The predicted molar refractivity (Wildman–Crippen MR) is 120 cm³/mol. The molecule has 0 saturated heterocycles. The molecule has 0 unspecified atom stereocenters. The number of aryl methyl sites for hydroxylation is 3. The molecule has 2 N–H and O–H groups in total. The first-order chi connectivity index (χ1) is 14.4. The number of rotatable bonds is 5. The average Bonchev–Trinajstić information content (AvgIpc) is 3.31. The van der Waals surface area contributed by atoms with Gasteiger partial charge in [0.1, 0.15) is 0 Å². The Morgan fingerprint density at radius 1 is 1.10 bits per heavy atom. The fourth-order valence-electron chi connectivity index (χ4n) is 3.22. The van der Waals surface area contributed by atoms with Crippen molar-refractivity contribution in [3.8, 4) is 16.4 Å². The predicted octanol–water partition coefficient (Wildman–Crippen LogP) is 4.40. The molecule has 2 aromatic carbocycles. The van der Waals surface area contributed by atoms with Crippen LogP contribution in [-0.2, 0) is 11.2 Å². The largest absolute Gasteiger partial charge is 0.326 e. The zero-order chi connectivity index (χ0) is 21.3. The summed E-state index contributed by atoms with van der Waals surface area (Å²) in [5.41, 5.74) is 5.56. The number of nitrogens with one attached hydrogen (secondary N) is 2. The SMILES string of the molecule is Cc1ccc(-c2csc(-n3[nH]c(C)c(CC(=O)Nc4ccccc4C)c3=O)n2)cc1. The molecule has 0 atom stereocenters. The number of hydrogen-bond donors (Lipinski definition) is 2. The van der Waals surface area contributed by atoms with E-state index in [1.54, 1.807) is 6.92 Å². The van der Waals surface area contributed by atoms with Crippen molar-refractivity contribution in [1.82, 2.24) is 14.8 Å². The zero-order valence-corrected chi connectivity index (χ0v) is 17.8. The Hall–Kier alpha value is -3.45. The maximum Gasteiger partial charge on any atom is 0.277 e. The molecule has 0 radical (unpaired) electrons. The fourth-order valence-corrected chi connectivity index (χ4v) is 4.01. The summed E-state index contributed by atoms with van der Waals surface area (Å²) in [6.07, 6.45) is -0.00129. The van der Waals surface area contributed by atoms with Crippen LogP contribution in [0.25, 0.3) is 16.4 Å². The van der Waals surface area contributed by atoms with Crippen molar-refractivity contribution >= 4 is 22.9 Å². The maximum absolute atomic E-state index is 13.0. The number of nitrogens with zero attached hydrogens (tertiary/aromatic N) is 2. The number of H-pyrrole nitrogens is 1. The molecule has 4 rings (SSSR count). The van der Waals surface area contributed by atoms with Crippen LogP contribution in [0.1, 0.15) is 22.4 Å². The normalized spacial score (nSPS) is 10.9. The molecule has 0 saturated carbocycles. The average molecular weight is 419 g/mol. The first kappa shape index (κ1) is 19.8. The van der Waals surface area contributed by atoms with Gasteiger partial charge < -0.3 is 5.32 Å². The lowest BCUT2D eigenvalue weighted by Crippen LogP contribution is -2.22. The third-order valence-electron chi connectivity index (χ3n) is 4.98. The number of aromatic amines is 1. The van der Waals surface area contributed by atoms with Gasteiger partial charge in [0.25, 0.3) is 5.56 Å². The van der Waals surface area contributed by atoms with Gasteiger partial charge in [-0.05, 0) is 32.4 Å². The fraction of sp³-hybridized carbons (Fsp3) is 0.174. The first-order valence-corrected chi connectivity index (χ1v) is 10.5. The van der Waals surface area contributed by atoms with Gasteiger partial charge in [-0.1, -0.05) is 48.0 Å². The van der Waals surface area contributed by atoms with Crippen LogP contribution >= 0.6 is 11.3 Å². The summed E-state index contributed by atoms with van der Waals surface area (Å²) in [5.74, 6) is -0.227. The highest BCUT2D eigenvalue weighted by Crippen LogP contribution is 2.24. The minimum atomic E-state index is -0.253. The second-order valence-electron chi connectivity index (χ2n) is 7.28. The molecule has 0 bridgehead atoms. The maximum atomic E-state index is 13.0. The van der Waals surface area contributed by atoms with Crippen LogP contribution in [0.3, 0.4) is 0 Å². The van der Waals surface area contributed by atoms with E-state index in [0.717, 1.165) is 22.5 Å². The quantitative estimate of drug-likeness (QED) is 0.504. The Labute approximate surface area is 178 Å². The minimum Gasteiger partial charge on any atom is -0.326 e. The van der Waals surface area contributed by atoms with Crippen molar-refractivity contribution in [3.63, 3.8) is 0 Å². The van der Waals surface area contributed by atoms with E-state index in [-0.39, 0.29) is 17.9 Å². The van der Waals surface area contributed by atoms with Gasteiger partial charge in [-0.3, -0.25) is 14.7 Å². The first-order valence-electron chi connectivity index (χ1n) is 9.61. The summed E-state index contributed by atoms with van der Waals surface area (Å²) < 4.78 is 1.41. The minimum absolute atomic E-state index is 0.00129. The Bertz CT molecular complexity index is 1270. The van der Waals surface area contributed by atoms with Gasteiger partial charge in [-0.15, -0.1) is 11.3 Å². The molecule has 0 fully saturated rings. The van der Waals surface area contributed by atoms with E-state index in [0.29, 0.717) is 16.4 Å². The van der Waals surface area contributed by atoms with E-state index >= 15 is 0 Å². The van der Waals surface area contributed by atoms with Crippen LogP contribution in [-0.4, -0.2) is 20.7 Å². The smallest absolute Gasteiger partial charge is 0.277 e. The van der Waals surface area contributed by atoms with Crippen molar-refractivity contribution in [2.24, 2.45) is 0 Å². The third kappa shape index (κ3) is 3.97. The molecule has 2 heterocycles. The van der Waals surface area contributed by atoms with E-state index in [9.17, 15) is 9.59 Å². The molecule has 30 heavy (non-hydrogen) atoms. The highest BCUT2D eigenvalue weighted by Gasteiger charge is 2.18. The van der Waals surface area contributed by atoms with Crippen LogP contribution in [0.15, 0.2) is 58.7 Å². The zero-order valence-electron chi connectivity index (χ0n) is 17.0. The number of anilines is 1. The summed E-state index contributed by atoms with van der Waals surface area (Å²) in [6, 6.07) is 15.6. The number of hydrogen-bond acceptors (Lipinski definition) is 4. The van der Waals surface area contributed by atoms with Gasteiger partial charge in [0.05, 0.1) is 12.1 Å². The molecular formula is C23H22N4O2S. The summed E-state index contributed by atoms with van der Waals surface area (Å²) >= 11 is 1.38. The number of carbonyl (C=O) groups excluding carboxylic acids is 1. The summed E-state index contributed by atoms with van der Waals surface area (Å²) in [6.45, 7) is 5.76. The molecule has 0 aliphatic carbocycles. The lowest BCUT2D eigenvalue weighted by Gasteiger charge is -2.07. The molecule has 7 heteroatoms. The van der Waals surface area contributed by atoms with E-state index in [4.69, 9.17) is 0 Å². The van der Waals surface area contributed by atoms with E-state index in [1.165, 1.54) is 21.6 Å². The van der Waals surface area contributed by atoms with Gasteiger partial charge in [0.15, 0.2) is 0 Å². The molecule has 6 nitrogen and oxygen atoms in total. The molecule has 0 aliphatic heterocycles.